The molecule has 1 aliphatic heterocycles. The minimum atomic E-state index is -3.43. The van der Waals surface area contributed by atoms with Crippen LogP contribution in [0.5, 0.6) is 0 Å². The predicted molar refractivity (Wildman–Crippen MR) is 96.9 cm³/mol. The van der Waals surface area contributed by atoms with Gasteiger partial charge in [-0.2, -0.15) is 0 Å². The largest absolute Gasteiger partial charge is 0.337 e. The molecule has 132 valence electrons. The van der Waals surface area contributed by atoms with Crippen molar-refractivity contribution in [3.8, 4) is 0 Å². The van der Waals surface area contributed by atoms with Crippen molar-refractivity contribution in [1.82, 2.24) is 4.90 Å². The molecule has 2 aromatic rings. The molecule has 6 heteroatoms. The first-order valence-corrected chi connectivity index (χ1v) is 10.0. The number of hydrogen-bond donors (Lipinski definition) is 1. The molecule has 1 saturated heterocycles. The van der Waals surface area contributed by atoms with Crippen LogP contribution < -0.4 is 5.73 Å². The maximum absolute atomic E-state index is 12.5. The van der Waals surface area contributed by atoms with Crippen LogP contribution in [0.1, 0.15) is 28.8 Å². The minimum absolute atomic E-state index is 0.0169. The highest BCUT2D eigenvalue weighted by molar-refractivity contribution is 7.90. The summed E-state index contributed by atoms with van der Waals surface area (Å²) in [4.78, 5) is 14.5. The zero-order valence-electron chi connectivity index (χ0n) is 14.0. The van der Waals surface area contributed by atoms with E-state index in [4.69, 9.17) is 5.73 Å². The minimum Gasteiger partial charge on any atom is -0.337 e. The van der Waals surface area contributed by atoms with Gasteiger partial charge >= 0.3 is 0 Å². The number of benzene rings is 2. The summed E-state index contributed by atoms with van der Waals surface area (Å²) in [5.41, 5.74) is 7.16. The molecule has 1 fully saturated rings. The zero-order valence-corrected chi connectivity index (χ0v) is 14.8. The van der Waals surface area contributed by atoms with E-state index in [2.05, 4.69) is 0 Å². The molecular formula is C19H22N2O3S. The highest BCUT2D eigenvalue weighted by Gasteiger charge is 2.23. The van der Waals surface area contributed by atoms with E-state index >= 15 is 0 Å². The van der Waals surface area contributed by atoms with E-state index in [1.165, 1.54) is 12.1 Å². The fraction of sp³-hybridized carbons (Fsp3) is 0.316. The van der Waals surface area contributed by atoms with Crippen LogP contribution >= 0.6 is 0 Å². The Labute approximate surface area is 148 Å². The average Bonchev–Trinajstić information content (AvgIpc) is 2.62. The normalized spacial score (nSPS) is 18.1. The number of carbonyl (C=O) groups excluding carboxylic acids is 1. The topological polar surface area (TPSA) is 80.5 Å². The summed E-state index contributed by atoms with van der Waals surface area (Å²) in [6.45, 7) is 1.24. The number of amides is 1. The van der Waals surface area contributed by atoms with Gasteiger partial charge in [0.25, 0.3) is 5.91 Å². The molecule has 3 rings (SSSR count). The van der Waals surface area contributed by atoms with E-state index in [1.807, 2.05) is 18.2 Å². The van der Waals surface area contributed by atoms with Gasteiger partial charge in [-0.05, 0) is 42.7 Å². The molecule has 0 aliphatic carbocycles. The Morgan fingerprint density at radius 2 is 1.76 bits per heavy atom. The lowest BCUT2D eigenvalue weighted by Gasteiger charge is -2.30. The molecule has 1 amide bonds. The maximum atomic E-state index is 12.5. The van der Waals surface area contributed by atoms with Crippen molar-refractivity contribution in [2.45, 2.75) is 29.5 Å². The number of rotatable bonds is 4. The average molecular weight is 358 g/mol. The third-order valence-corrected chi connectivity index (χ3v) is 6.11. The van der Waals surface area contributed by atoms with Crippen LogP contribution in [-0.2, 0) is 15.6 Å². The standard InChI is InChI=1S/C19H22N2O3S/c20-17-7-4-12-21(13-17)19(22)16-8-10-18(11-9-16)25(23,24)14-15-5-2-1-3-6-15/h1-3,5-6,8-11,17H,4,7,12-14,20H2/t17-/m0/s1. The number of nitrogens with zero attached hydrogens (tertiary/aromatic N) is 1. The lowest BCUT2D eigenvalue weighted by Crippen LogP contribution is -2.45. The third-order valence-electron chi connectivity index (χ3n) is 4.40. The Morgan fingerprint density at radius 1 is 1.08 bits per heavy atom. The molecule has 0 bridgehead atoms. The van der Waals surface area contributed by atoms with Gasteiger partial charge in [-0.15, -0.1) is 0 Å². The smallest absolute Gasteiger partial charge is 0.253 e. The van der Waals surface area contributed by atoms with Gasteiger partial charge in [-0.1, -0.05) is 30.3 Å². The Morgan fingerprint density at radius 3 is 2.40 bits per heavy atom. The Hall–Kier alpha value is -2.18. The second-order valence-corrected chi connectivity index (χ2v) is 8.41. The second kappa shape index (κ2) is 7.37. The van der Waals surface area contributed by atoms with Gasteiger partial charge in [0.1, 0.15) is 0 Å². The number of piperidine rings is 1. The van der Waals surface area contributed by atoms with E-state index < -0.39 is 9.84 Å². The molecule has 0 aromatic heterocycles. The first-order valence-electron chi connectivity index (χ1n) is 8.37. The van der Waals surface area contributed by atoms with Crippen molar-refractivity contribution in [2.24, 2.45) is 5.73 Å². The Kier molecular flexibility index (Phi) is 5.20. The molecule has 0 radical (unpaired) electrons. The van der Waals surface area contributed by atoms with Gasteiger partial charge in [-0.25, -0.2) is 8.42 Å². The van der Waals surface area contributed by atoms with E-state index in [-0.39, 0.29) is 22.6 Å². The Bertz CT molecular complexity index is 833. The SMILES string of the molecule is N[C@H]1CCCN(C(=O)c2ccc(S(=O)(=O)Cc3ccccc3)cc2)C1. The summed E-state index contributed by atoms with van der Waals surface area (Å²) in [5.74, 6) is -0.149. The summed E-state index contributed by atoms with van der Waals surface area (Å²) < 4.78 is 25.0. The van der Waals surface area contributed by atoms with Crippen LogP contribution in [0.2, 0.25) is 0 Å². The number of carbonyl (C=O) groups is 1. The van der Waals surface area contributed by atoms with Crippen molar-refractivity contribution in [3.63, 3.8) is 0 Å². The van der Waals surface area contributed by atoms with Crippen molar-refractivity contribution in [3.05, 3.63) is 65.7 Å². The van der Waals surface area contributed by atoms with E-state index in [9.17, 15) is 13.2 Å². The van der Waals surface area contributed by atoms with Crippen molar-refractivity contribution in [2.75, 3.05) is 13.1 Å². The highest BCUT2D eigenvalue weighted by atomic mass is 32.2. The van der Waals surface area contributed by atoms with Crippen molar-refractivity contribution < 1.29 is 13.2 Å². The van der Waals surface area contributed by atoms with Gasteiger partial charge in [0.2, 0.25) is 0 Å². The summed E-state index contributed by atoms with van der Waals surface area (Å²) in [6.07, 6.45) is 1.83. The lowest BCUT2D eigenvalue weighted by atomic mass is 10.1. The first-order chi connectivity index (χ1) is 12.0. The van der Waals surface area contributed by atoms with E-state index in [0.717, 1.165) is 18.4 Å². The molecule has 2 N–H and O–H groups in total. The van der Waals surface area contributed by atoms with Crippen LogP contribution in [0.3, 0.4) is 0 Å². The van der Waals surface area contributed by atoms with Crippen LogP contribution in [0.15, 0.2) is 59.5 Å². The predicted octanol–water partition coefficient (Wildman–Crippen LogP) is 2.22. The van der Waals surface area contributed by atoms with Crippen LogP contribution in [0.4, 0.5) is 0 Å². The fourth-order valence-corrected chi connectivity index (χ4v) is 4.41. The summed E-state index contributed by atoms with van der Waals surface area (Å²) >= 11 is 0. The Balaban J connectivity index is 1.74. The molecule has 1 heterocycles. The van der Waals surface area contributed by atoms with Crippen molar-refractivity contribution >= 4 is 15.7 Å². The molecule has 2 aromatic carbocycles. The molecule has 25 heavy (non-hydrogen) atoms. The molecule has 0 spiro atoms. The molecule has 1 atom stereocenters. The van der Waals surface area contributed by atoms with E-state index in [0.29, 0.717) is 18.7 Å². The number of likely N-dealkylation sites (tertiary alicyclic amines) is 1. The quantitative estimate of drug-likeness (QED) is 0.909. The summed E-state index contributed by atoms with van der Waals surface area (Å²) in [7, 11) is -3.43. The fourth-order valence-electron chi connectivity index (χ4n) is 3.06. The maximum Gasteiger partial charge on any atom is 0.253 e. The number of nitrogens with two attached hydrogens (primary N) is 1. The summed E-state index contributed by atoms with van der Waals surface area (Å²) in [5, 5.41) is 0. The number of sulfone groups is 1. The molecule has 5 nitrogen and oxygen atoms in total. The molecule has 1 aliphatic rings. The van der Waals surface area contributed by atoms with Gasteiger partial charge < -0.3 is 10.6 Å². The van der Waals surface area contributed by atoms with Crippen LogP contribution in [0.25, 0.3) is 0 Å². The third kappa shape index (κ3) is 4.27. The first kappa shape index (κ1) is 17.6. The van der Waals surface area contributed by atoms with E-state index in [1.54, 1.807) is 29.2 Å². The van der Waals surface area contributed by atoms with Gasteiger partial charge in [0.15, 0.2) is 9.84 Å². The highest BCUT2D eigenvalue weighted by Crippen LogP contribution is 2.19. The summed E-state index contributed by atoms with van der Waals surface area (Å²) in [6, 6.07) is 15.3. The monoisotopic (exact) mass is 358 g/mol. The van der Waals surface area contributed by atoms with Gasteiger partial charge in [-0.3, -0.25) is 4.79 Å². The second-order valence-electron chi connectivity index (χ2n) is 6.42. The number of hydrogen-bond acceptors (Lipinski definition) is 4. The van der Waals surface area contributed by atoms with Crippen molar-refractivity contribution in [1.29, 1.82) is 0 Å². The van der Waals surface area contributed by atoms with Crippen LogP contribution in [-0.4, -0.2) is 38.4 Å². The van der Waals surface area contributed by atoms with Gasteiger partial charge in [0.05, 0.1) is 10.6 Å². The molecular weight excluding hydrogens is 336 g/mol. The van der Waals surface area contributed by atoms with Crippen LogP contribution in [0, 0.1) is 0 Å². The van der Waals surface area contributed by atoms with Gasteiger partial charge in [0, 0.05) is 24.7 Å². The zero-order chi connectivity index (χ0) is 17.9. The molecule has 0 unspecified atom stereocenters. The lowest BCUT2D eigenvalue weighted by molar-refractivity contribution is 0.0708. The molecule has 0 saturated carbocycles.